The molecule has 0 saturated carbocycles. The van der Waals surface area contributed by atoms with Gasteiger partial charge in [0, 0.05) is 37.8 Å². The first-order valence-corrected chi connectivity index (χ1v) is 6.95. The number of benzene rings is 1. The number of likely N-dealkylation sites (tertiary alicyclic amines) is 1. The van der Waals surface area contributed by atoms with Crippen LogP contribution in [0.5, 0.6) is 0 Å². The molecule has 6 heteroatoms. The lowest BCUT2D eigenvalue weighted by Crippen LogP contribution is -2.41. The summed E-state index contributed by atoms with van der Waals surface area (Å²) in [5.41, 5.74) is 6.96. The topological polar surface area (TPSA) is 75.4 Å². The predicted octanol–water partition coefficient (Wildman–Crippen LogP) is 1.68. The largest absolute Gasteiger partial charge is 0.399 e. The Balaban J connectivity index is 0.00000220. The fourth-order valence-corrected chi connectivity index (χ4v) is 2.48. The van der Waals surface area contributed by atoms with Crippen LogP contribution in [0.2, 0.25) is 0 Å². The summed E-state index contributed by atoms with van der Waals surface area (Å²) in [6.07, 6.45) is 1.85. The molecule has 2 rings (SSSR count). The van der Waals surface area contributed by atoms with Gasteiger partial charge in [-0.3, -0.25) is 9.59 Å². The van der Waals surface area contributed by atoms with Gasteiger partial charge in [-0.2, -0.15) is 0 Å². The van der Waals surface area contributed by atoms with Crippen molar-refractivity contribution in [2.24, 2.45) is 5.92 Å². The monoisotopic (exact) mass is 311 g/mol. The average molecular weight is 312 g/mol. The van der Waals surface area contributed by atoms with Gasteiger partial charge in [0.15, 0.2) is 0 Å². The molecule has 1 heterocycles. The second kappa shape index (κ2) is 7.88. The molecular weight excluding hydrogens is 290 g/mol. The van der Waals surface area contributed by atoms with E-state index in [9.17, 15) is 9.59 Å². The Bertz CT molecular complexity index is 499. The van der Waals surface area contributed by atoms with E-state index in [2.05, 4.69) is 5.32 Å². The van der Waals surface area contributed by atoms with Crippen LogP contribution in [0.3, 0.4) is 0 Å². The lowest BCUT2D eigenvalue weighted by molar-refractivity contribution is -0.119. The summed E-state index contributed by atoms with van der Waals surface area (Å²) in [5, 5.41) is 2.84. The average Bonchev–Trinajstić information content (AvgIpc) is 2.45. The fraction of sp³-hybridized carbons (Fsp3) is 0.467. The van der Waals surface area contributed by atoms with Crippen molar-refractivity contribution in [3.05, 3.63) is 29.8 Å². The van der Waals surface area contributed by atoms with Crippen LogP contribution in [0.4, 0.5) is 5.69 Å². The van der Waals surface area contributed by atoms with Gasteiger partial charge in [0.2, 0.25) is 5.91 Å². The molecule has 116 valence electrons. The molecule has 0 aliphatic carbocycles. The quantitative estimate of drug-likeness (QED) is 0.834. The Morgan fingerprint density at radius 3 is 2.57 bits per heavy atom. The van der Waals surface area contributed by atoms with Crippen molar-refractivity contribution in [2.45, 2.75) is 19.8 Å². The number of nitrogens with one attached hydrogen (secondary N) is 1. The van der Waals surface area contributed by atoms with Crippen molar-refractivity contribution in [1.82, 2.24) is 10.2 Å². The van der Waals surface area contributed by atoms with Crippen molar-refractivity contribution in [3.63, 3.8) is 0 Å². The molecule has 0 spiro atoms. The Kier molecular flexibility index (Phi) is 6.49. The van der Waals surface area contributed by atoms with Crippen LogP contribution in [0.1, 0.15) is 30.1 Å². The van der Waals surface area contributed by atoms with Crippen molar-refractivity contribution in [3.8, 4) is 0 Å². The van der Waals surface area contributed by atoms with Gasteiger partial charge in [-0.25, -0.2) is 0 Å². The normalized spacial score (nSPS) is 15.2. The number of rotatable bonds is 3. The number of carbonyl (C=O) groups excluding carboxylic acids is 2. The summed E-state index contributed by atoms with van der Waals surface area (Å²) in [5.74, 6) is 0.502. The molecule has 2 amide bonds. The standard InChI is InChI=1S/C15H21N3O2.ClH/c1-11(19)17-10-12-5-7-18(8-6-12)15(20)13-3-2-4-14(16)9-13;/h2-4,9,12H,5-8,10,16H2,1H3,(H,17,19);1H. The molecule has 1 fully saturated rings. The van der Waals surface area contributed by atoms with E-state index in [-0.39, 0.29) is 24.2 Å². The third-order valence-electron chi connectivity index (χ3n) is 3.68. The highest BCUT2D eigenvalue weighted by Crippen LogP contribution is 2.19. The third-order valence-corrected chi connectivity index (χ3v) is 3.68. The number of nitrogens with two attached hydrogens (primary N) is 1. The highest BCUT2D eigenvalue weighted by Gasteiger charge is 2.23. The third kappa shape index (κ3) is 4.93. The van der Waals surface area contributed by atoms with E-state index in [1.807, 2.05) is 4.90 Å². The minimum Gasteiger partial charge on any atom is -0.399 e. The van der Waals surface area contributed by atoms with Gasteiger partial charge in [-0.1, -0.05) is 6.07 Å². The zero-order chi connectivity index (χ0) is 14.5. The van der Waals surface area contributed by atoms with Crippen LogP contribution in [0.25, 0.3) is 0 Å². The second-order valence-electron chi connectivity index (χ2n) is 5.30. The van der Waals surface area contributed by atoms with Crippen molar-refractivity contribution >= 4 is 29.9 Å². The zero-order valence-corrected chi connectivity index (χ0v) is 13.0. The number of hydrogen-bond acceptors (Lipinski definition) is 3. The van der Waals surface area contributed by atoms with Crippen molar-refractivity contribution in [2.75, 3.05) is 25.4 Å². The number of piperidine rings is 1. The molecule has 1 saturated heterocycles. The van der Waals surface area contributed by atoms with Gasteiger partial charge in [0.05, 0.1) is 0 Å². The molecule has 5 nitrogen and oxygen atoms in total. The Morgan fingerprint density at radius 2 is 2.00 bits per heavy atom. The summed E-state index contributed by atoms with van der Waals surface area (Å²) in [4.78, 5) is 25.1. The number of anilines is 1. The number of nitrogens with zero attached hydrogens (tertiary/aromatic N) is 1. The van der Waals surface area contributed by atoms with E-state index in [0.29, 0.717) is 23.7 Å². The van der Waals surface area contributed by atoms with Crippen LogP contribution in [-0.4, -0.2) is 36.3 Å². The molecule has 3 N–H and O–H groups in total. The lowest BCUT2D eigenvalue weighted by atomic mass is 9.96. The molecule has 0 unspecified atom stereocenters. The maximum absolute atomic E-state index is 12.3. The SMILES string of the molecule is CC(=O)NCC1CCN(C(=O)c2cccc(N)c2)CC1.Cl. The van der Waals surface area contributed by atoms with E-state index < -0.39 is 0 Å². The summed E-state index contributed by atoms with van der Waals surface area (Å²) in [6.45, 7) is 3.70. The summed E-state index contributed by atoms with van der Waals surface area (Å²) in [7, 11) is 0. The molecule has 1 aliphatic heterocycles. The van der Waals surface area contributed by atoms with E-state index in [4.69, 9.17) is 5.73 Å². The van der Waals surface area contributed by atoms with Crippen LogP contribution >= 0.6 is 12.4 Å². The van der Waals surface area contributed by atoms with E-state index in [0.717, 1.165) is 25.9 Å². The van der Waals surface area contributed by atoms with Crippen LogP contribution in [0, 0.1) is 5.92 Å². The van der Waals surface area contributed by atoms with Crippen LogP contribution in [0.15, 0.2) is 24.3 Å². The molecule has 1 aromatic rings. The highest BCUT2D eigenvalue weighted by atomic mass is 35.5. The second-order valence-corrected chi connectivity index (χ2v) is 5.30. The Morgan fingerprint density at radius 1 is 1.33 bits per heavy atom. The van der Waals surface area contributed by atoms with E-state index >= 15 is 0 Å². The van der Waals surface area contributed by atoms with Crippen LogP contribution < -0.4 is 11.1 Å². The highest BCUT2D eigenvalue weighted by molar-refractivity contribution is 5.95. The van der Waals surface area contributed by atoms with Crippen molar-refractivity contribution < 1.29 is 9.59 Å². The maximum atomic E-state index is 12.3. The number of halogens is 1. The number of carbonyl (C=O) groups is 2. The summed E-state index contributed by atoms with van der Waals surface area (Å²) >= 11 is 0. The summed E-state index contributed by atoms with van der Waals surface area (Å²) in [6, 6.07) is 7.08. The number of hydrogen-bond donors (Lipinski definition) is 2. The zero-order valence-electron chi connectivity index (χ0n) is 12.2. The van der Waals surface area contributed by atoms with Gasteiger partial charge in [0.1, 0.15) is 0 Å². The van der Waals surface area contributed by atoms with Crippen LogP contribution in [-0.2, 0) is 4.79 Å². The molecule has 1 aromatic carbocycles. The minimum atomic E-state index is 0. The number of nitrogen functional groups attached to an aromatic ring is 1. The molecular formula is C15H22ClN3O2. The lowest BCUT2D eigenvalue weighted by Gasteiger charge is -2.32. The first-order chi connectivity index (χ1) is 9.56. The van der Waals surface area contributed by atoms with Crippen molar-refractivity contribution in [1.29, 1.82) is 0 Å². The fourth-order valence-electron chi connectivity index (χ4n) is 2.48. The Labute approximate surface area is 131 Å². The molecule has 0 aromatic heterocycles. The number of amides is 2. The van der Waals surface area contributed by atoms with Gasteiger partial charge < -0.3 is 16.0 Å². The predicted molar refractivity (Wildman–Crippen MR) is 85.4 cm³/mol. The first kappa shape index (κ1) is 17.3. The smallest absolute Gasteiger partial charge is 0.253 e. The van der Waals surface area contributed by atoms with Gasteiger partial charge in [-0.05, 0) is 37.0 Å². The van der Waals surface area contributed by atoms with E-state index in [1.165, 1.54) is 6.92 Å². The first-order valence-electron chi connectivity index (χ1n) is 6.95. The molecule has 1 aliphatic rings. The maximum Gasteiger partial charge on any atom is 0.253 e. The Hall–Kier alpha value is -1.75. The molecule has 0 radical (unpaired) electrons. The molecule has 21 heavy (non-hydrogen) atoms. The van der Waals surface area contributed by atoms with Gasteiger partial charge in [-0.15, -0.1) is 12.4 Å². The van der Waals surface area contributed by atoms with Gasteiger partial charge in [0.25, 0.3) is 5.91 Å². The van der Waals surface area contributed by atoms with E-state index in [1.54, 1.807) is 24.3 Å². The van der Waals surface area contributed by atoms with Gasteiger partial charge >= 0.3 is 0 Å². The molecule has 0 atom stereocenters. The minimum absolute atomic E-state index is 0. The summed E-state index contributed by atoms with van der Waals surface area (Å²) < 4.78 is 0. The molecule has 0 bridgehead atoms.